The quantitative estimate of drug-likeness (QED) is 0.327. The highest BCUT2D eigenvalue weighted by atomic mass is 28.4. The third kappa shape index (κ3) is 4.79. The molecule has 1 fully saturated rings. The van der Waals surface area contributed by atoms with Gasteiger partial charge in [0.15, 0.2) is 8.32 Å². The van der Waals surface area contributed by atoms with Crippen molar-refractivity contribution in [3.8, 4) is 0 Å². The maximum Gasteiger partial charge on any atom is 0.192 e. The fourth-order valence-corrected chi connectivity index (χ4v) is 2.92. The van der Waals surface area contributed by atoms with Gasteiger partial charge in [0.1, 0.15) is 20.7 Å². The molecule has 1 saturated heterocycles. The number of hydrogen-bond donors (Lipinski definition) is 0. The summed E-state index contributed by atoms with van der Waals surface area (Å²) < 4.78 is 17.6. The molecule has 0 aromatic rings. The lowest BCUT2D eigenvalue weighted by atomic mass is 9.96. The van der Waals surface area contributed by atoms with Gasteiger partial charge in [0.2, 0.25) is 0 Å². The van der Waals surface area contributed by atoms with Crippen molar-refractivity contribution in [2.45, 2.75) is 63.5 Å². The monoisotopic (exact) mass is 299 g/mol. The van der Waals surface area contributed by atoms with E-state index in [1.165, 1.54) is 0 Å². The van der Waals surface area contributed by atoms with E-state index in [-0.39, 0.29) is 30.0 Å². The summed E-state index contributed by atoms with van der Waals surface area (Å²) in [6, 6.07) is 0.152. The van der Waals surface area contributed by atoms with E-state index in [0.29, 0.717) is 6.61 Å². The molecule has 0 aliphatic carbocycles. The van der Waals surface area contributed by atoms with Gasteiger partial charge in [-0.2, -0.15) is 0 Å². The summed E-state index contributed by atoms with van der Waals surface area (Å²) in [7, 11) is 0.244. The summed E-state index contributed by atoms with van der Waals surface area (Å²) in [6.07, 6.45) is 0.681. The van der Waals surface area contributed by atoms with Crippen LogP contribution in [0.15, 0.2) is 5.11 Å². The lowest BCUT2D eigenvalue weighted by Gasteiger charge is -2.37. The van der Waals surface area contributed by atoms with Gasteiger partial charge in [0.05, 0.1) is 12.7 Å². The van der Waals surface area contributed by atoms with Gasteiger partial charge < -0.3 is 13.9 Å². The minimum Gasteiger partial charge on any atom is -0.414 e. The first-order valence-corrected chi connectivity index (χ1v) is 10.00. The molecule has 0 saturated carbocycles. The van der Waals surface area contributed by atoms with Gasteiger partial charge in [0, 0.05) is 10.9 Å². The number of ether oxygens (including phenoxy) is 2. The largest absolute Gasteiger partial charge is 0.414 e. The SMILES string of the molecule is B[C@H]1CC(OCN=[N+]=[N-])[C@@H](CO[Si](C)(C)C(C)(C)C)O1. The molecule has 1 heterocycles. The Labute approximate surface area is 123 Å². The van der Waals surface area contributed by atoms with Crippen molar-refractivity contribution in [1.82, 2.24) is 0 Å². The van der Waals surface area contributed by atoms with E-state index in [0.717, 1.165) is 6.42 Å². The Morgan fingerprint density at radius 1 is 1.45 bits per heavy atom. The number of rotatable bonds is 6. The van der Waals surface area contributed by atoms with Crippen LogP contribution in [-0.4, -0.2) is 47.7 Å². The van der Waals surface area contributed by atoms with E-state index in [4.69, 9.17) is 19.4 Å². The second-order valence-corrected chi connectivity index (χ2v) is 11.7. The second kappa shape index (κ2) is 6.96. The first kappa shape index (κ1) is 17.5. The Morgan fingerprint density at radius 2 is 2.10 bits per heavy atom. The molecule has 1 aliphatic rings. The zero-order valence-corrected chi connectivity index (χ0v) is 14.4. The fourth-order valence-electron chi connectivity index (χ4n) is 1.90. The highest BCUT2D eigenvalue weighted by Gasteiger charge is 2.40. The zero-order chi connectivity index (χ0) is 15.4. The Balaban J connectivity index is 2.54. The van der Waals surface area contributed by atoms with Crippen LogP contribution in [0.3, 0.4) is 0 Å². The standard InChI is InChI=1S/C12H26BN3O3Si/c1-12(2,3)20(4,5)18-7-10-9(6-11(13)19-10)17-8-15-16-14/h9-11H,6-8,13H2,1-5H3/t9?,10-,11-/m1/s1. The molecule has 0 N–H and O–H groups in total. The second-order valence-electron chi connectivity index (χ2n) is 6.86. The van der Waals surface area contributed by atoms with Crippen LogP contribution in [0.4, 0.5) is 0 Å². The third-order valence-electron chi connectivity index (χ3n) is 4.21. The van der Waals surface area contributed by atoms with Crippen molar-refractivity contribution in [3.05, 3.63) is 10.4 Å². The van der Waals surface area contributed by atoms with E-state index in [2.05, 4.69) is 43.9 Å². The van der Waals surface area contributed by atoms with Crippen LogP contribution in [0, 0.1) is 0 Å². The topological polar surface area (TPSA) is 76.5 Å². The highest BCUT2D eigenvalue weighted by Crippen LogP contribution is 2.37. The molecular formula is C12H26BN3O3Si. The minimum absolute atomic E-state index is 0.0494. The summed E-state index contributed by atoms with van der Waals surface area (Å²) in [5.41, 5.74) is 8.29. The van der Waals surface area contributed by atoms with E-state index in [1.54, 1.807) is 0 Å². The van der Waals surface area contributed by atoms with Gasteiger partial charge in [-0.15, -0.1) is 0 Å². The third-order valence-corrected chi connectivity index (χ3v) is 8.71. The Hall–Kier alpha value is -0.528. The van der Waals surface area contributed by atoms with Gasteiger partial charge in [-0.3, -0.25) is 0 Å². The van der Waals surface area contributed by atoms with Crippen molar-refractivity contribution in [2.75, 3.05) is 13.3 Å². The molecule has 1 rings (SSSR count). The van der Waals surface area contributed by atoms with Crippen molar-refractivity contribution < 1.29 is 13.9 Å². The number of azide groups is 1. The van der Waals surface area contributed by atoms with Gasteiger partial charge in [-0.25, -0.2) is 0 Å². The maximum atomic E-state index is 8.29. The molecule has 8 heteroatoms. The summed E-state index contributed by atoms with van der Waals surface area (Å²) >= 11 is 0. The molecule has 6 nitrogen and oxygen atoms in total. The van der Waals surface area contributed by atoms with Crippen LogP contribution in [0.2, 0.25) is 18.1 Å². The molecule has 0 radical (unpaired) electrons. The van der Waals surface area contributed by atoms with E-state index < -0.39 is 8.32 Å². The molecule has 0 bridgehead atoms. The average Bonchev–Trinajstić information content (AvgIpc) is 2.66. The van der Waals surface area contributed by atoms with E-state index in [9.17, 15) is 0 Å². The Morgan fingerprint density at radius 3 is 2.65 bits per heavy atom. The van der Waals surface area contributed by atoms with E-state index in [1.807, 2.05) is 7.85 Å². The maximum absolute atomic E-state index is 8.29. The normalized spacial score (nSPS) is 27.4. The Kier molecular flexibility index (Phi) is 6.09. The van der Waals surface area contributed by atoms with Crippen LogP contribution < -0.4 is 0 Å². The molecule has 1 unspecified atom stereocenters. The van der Waals surface area contributed by atoms with Crippen LogP contribution in [0.5, 0.6) is 0 Å². The predicted octanol–water partition coefficient (Wildman–Crippen LogP) is 2.41. The van der Waals surface area contributed by atoms with Gasteiger partial charge >= 0.3 is 0 Å². The van der Waals surface area contributed by atoms with Gasteiger partial charge in [-0.1, -0.05) is 25.9 Å². The van der Waals surface area contributed by atoms with Crippen molar-refractivity contribution in [3.63, 3.8) is 0 Å². The molecule has 20 heavy (non-hydrogen) atoms. The first-order chi connectivity index (χ1) is 9.17. The lowest BCUT2D eigenvalue weighted by molar-refractivity contribution is -0.0329. The van der Waals surface area contributed by atoms with Crippen LogP contribution >= 0.6 is 0 Å². The molecule has 0 aromatic heterocycles. The molecule has 0 amide bonds. The van der Waals surface area contributed by atoms with Crippen LogP contribution in [-0.2, 0) is 13.9 Å². The van der Waals surface area contributed by atoms with Crippen LogP contribution in [0.25, 0.3) is 10.4 Å². The van der Waals surface area contributed by atoms with Gasteiger partial charge in [0.25, 0.3) is 0 Å². The Bertz CT molecular complexity index is 369. The summed E-state index contributed by atoms with van der Waals surface area (Å²) in [4.78, 5) is 2.69. The summed E-state index contributed by atoms with van der Waals surface area (Å²) in [5, 5.41) is 3.59. The molecular weight excluding hydrogens is 273 g/mol. The smallest absolute Gasteiger partial charge is 0.192 e. The zero-order valence-electron chi connectivity index (χ0n) is 13.4. The molecule has 0 spiro atoms. The molecule has 1 aliphatic heterocycles. The number of nitrogens with zero attached hydrogens (tertiary/aromatic N) is 3. The van der Waals surface area contributed by atoms with Crippen molar-refractivity contribution >= 4 is 16.2 Å². The fraction of sp³-hybridized carbons (Fsp3) is 1.00. The molecule has 3 atom stereocenters. The van der Waals surface area contributed by atoms with Crippen molar-refractivity contribution in [1.29, 1.82) is 0 Å². The summed E-state index contributed by atoms with van der Waals surface area (Å²) in [5.74, 6) is 0. The lowest BCUT2D eigenvalue weighted by Crippen LogP contribution is -2.44. The summed E-state index contributed by atoms with van der Waals surface area (Å²) in [6.45, 7) is 11.7. The number of hydrogen-bond acceptors (Lipinski definition) is 4. The first-order valence-electron chi connectivity index (χ1n) is 7.09. The van der Waals surface area contributed by atoms with E-state index >= 15 is 0 Å². The highest BCUT2D eigenvalue weighted by molar-refractivity contribution is 6.74. The predicted molar refractivity (Wildman–Crippen MR) is 83.9 cm³/mol. The van der Waals surface area contributed by atoms with Crippen LogP contribution in [0.1, 0.15) is 27.2 Å². The molecule has 114 valence electrons. The van der Waals surface area contributed by atoms with Gasteiger partial charge in [-0.05, 0) is 30.1 Å². The average molecular weight is 299 g/mol. The molecule has 0 aromatic carbocycles. The van der Waals surface area contributed by atoms with Crippen molar-refractivity contribution in [2.24, 2.45) is 5.11 Å². The minimum atomic E-state index is -1.78.